The van der Waals surface area contributed by atoms with Gasteiger partial charge in [-0.15, -0.1) is 0 Å². The molecule has 0 aliphatic carbocycles. The Balaban J connectivity index is 2.21. The predicted molar refractivity (Wildman–Crippen MR) is 68.2 cm³/mol. The third kappa shape index (κ3) is 2.02. The highest BCUT2D eigenvalue weighted by molar-refractivity contribution is 6.30. The van der Waals surface area contributed by atoms with Crippen LogP contribution in [-0.4, -0.2) is 30.7 Å². The Morgan fingerprint density at radius 3 is 2.89 bits per heavy atom. The van der Waals surface area contributed by atoms with E-state index in [0.29, 0.717) is 11.3 Å². The van der Waals surface area contributed by atoms with Crippen LogP contribution in [0.2, 0.25) is 5.15 Å². The second kappa shape index (κ2) is 4.33. The lowest BCUT2D eigenvalue weighted by molar-refractivity contribution is 0.0690. The molecular weight excluding hydrogens is 268 g/mol. The van der Waals surface area contributed by atoms with Crippen molar-refractivity contribution in [2.45, 2.75) is 0 Å². The number of nitrogens with zero attached hydrogens (tertiary/aromatic N) is 4. The van der Waals surface area contributed by atoms with Gasteiger partial charge in [0.15, 0.2) is 11.3 Å². The first-order chi connectivity index (χ1) is 9.15. The monoisotopic (exact) mass is 274 g/mol. The zero-order valence-electron chi connectivity index (χ0n) is 9.49. The number of rotatable bonds is 2. The van der Waals surface area contributed by atoms with Crippen molar-refractivity contribution in [2.24, 2.45) is 0 Å². The molecule has 0 radical (unpaired) electrons. The van der Waals surface area contributed by atoms with Crippen LogP contribution >= 0.6 is 11.6 Å². The van der Waals surface area contributed by atoms with Gasteiger partial charge in [0.25, 0.3) is 0 Å². The average molecular weight is 275 g/mol. The maximum absolute atomic E-state index is 10.9. The number of fused-ring (bicyclic) bond motifs is 1. The van der Waals surface area contributed by atoms with Crippen molar-refractivity contribution in [3.63, 3.8) is 0 Å². The van der Waals surface area contributed by atoms with Crippen LogP contribution in [0, 0.1) is 0 Å². The lowest BCUT2D eigenvalue weighted by atomic mass is 10.2. The Bertz CT molecular complexity index is 770. The molecule has 0 saturated heterocycles. The summed E-state index contributed by atoms with van der Waals surface area (Å²) in [5.74, 6) is -1.13. The topological polar surface area (TPSA) is 80.4 Å². The van der Waals surface area contributed by atoms with Gasteiger partial charge in [0.05, 0.1) is 5.69 Å². The second-order valence-electron chi connectivity index (χ2n) is 3.81. The van der Waals surface area contributed by atoms with E-state index in [1.54, 1.807) is 24.5 Å². The molecule has 19 heavy (non-hydrogen) atoms. The third-order valence-corrected chi connectivity index (χ3v) is 2.83. The largest absolute Gasteiger partial charge is 0.477 e. The maximum Gasteiger partial charge on any atom is 0.354 e. The van der Waals surface area contributed by atoms with E-state index >= 15 is 0 Å². The Labute approximate surface area is 112 Å². The van der Waals surface area contributed by atoms with E-state index in [2.05, 4.69) is 15.1 Å². The van der Waals surface area contributed by atoms with E-state index in [4.69, 9.17) is 16.7 Å². The number of carboxylic acids is 1. The van der Waals surface area contributed by atoms with Gasteiger partial charge in [-0.2, -0.15) is 5.10 Å². The summed E-state index contributed by atoms with van der Waals surface area (Å²) in [6.45, 7) is 0. The number of aromatic nitrogens is 4. The van der Waals surface area contributed by atoms with E-state index in [1.807, 2.05) is 6.07 Å². The first kappa shape index (κ1) is 11.6. The molecule has 0 aliphatic heterocycles. The van der Waals surface area contributed by atoms with Gasteiger partial charge in [0.2, 0.25) is 0 Å². The Morgan fingerprint density at radius 1 is 1.37 bits per heavy atom. The quantitative estimate of drug-likeness (QED) is 0.724. The summed E-state index contributed by atoms with van der Waals surface area (Å²) in [5.41, 5.74) is 1.70. The van der Waals surface area contributed by atoms with Gasteiger partial charge in [0.1, 0.15) is 5.15 Å². The highest BCUT2D eigenvalue weighted by Crippen LogP contribution is 2.21. The molecule has 0 aromatic carbocycles. The third-order valence-electron chi connectivity index (χ3n) is 2.56. The molecule has 0 aliphatic rings. The molecule has 0 amide bonds. The molecule has 0 saturated carbocycles. The lowest BCUT2D eigenvalue weighted by Crippen LogP contribution is -2.03. The normalized spacial score (nSPS) is 10.8. The summed E-state index contributed by atoms with van der Waals surface area (Å²) >= 11 is 5.99. The van der Waals surface area contributed by atoms with Crippen molar-refractivity contribution in [3.05, 3.63) is 47.5 Å². The first-order valence-electron chi connectivity index (χ1n) is 5.35. The molecule has 0 bridgehead atoms. The van der Waals surface area contributed by atoms with Crippen molar-refractivity contribution >= 4 is 23.2 Å². The molecule has 3 aromatic rings. The van der Waals surface area contributed by atoms with Crippen LogP contribution in [0.25, 0.3) is 16.9 Å². The summed E-state index contributed by atoms with van der Waals surface area (Å²) in [7, 11) is 0. The van der Waals surface area contributed by atoms with E-state index in [1.165, 1.54) is 10.6 Å². The molecule has 0 unspecified atom stereocenters. The average Bonchev–Trinajstić information content (AvgIpc) is 2.84. The highest BCUT2D eigenvalue weighted by atomic mass is 35.5. The molecule has 0 spiro atoms. The predicted octanol–water partition coefficient (Wildman–Crippen LogP) is 2.14. The van der Waals surface area contributed by atoms with Crippen LogP contribution < -0.4 is 0 Å². The molecule has 7 heteroatoms. The van der Waals surface area contributed by atoms with E-state index in [9.17, 15) is 4.79 Å². The Hall–Kier alpha value is -2.47. The Kier molecular flexibility index (Phi) is 2.64. The van der Waals surface area contributed by atoms with Crippen LogP contribution in [0.5, 0.6) is 0 Å². The summed E-state index contributed by atoms with van der Waals surface area (Å²) in [6.07, 6.45) is 3.32. The minimum atomic E-state index is -1.13. The SMILES string of the molecule is O=C(O)c1cc(Cl)n2nc(-c3cccnc3)cc2n1. The number of aromatic carboxylic acids is 1. The molecule has 94 valence electrons. The van der Waals surface area contributed by atoms with E-state index in [-0.39, 0.29) is 10.8 Å². The summed E-state index contributed by atoms with van der Waals surface area (Å²) in [6, 6.07) is 6.56. The number of carboxylic acid groups (broad SMARTS) is 1. The molecule has 3 aromatic heterocycles. The second-order valence-corrected chi connectivity index (χ2v) is 4.20. The van der Waals surface area contributed by atoms with E-state index in [0.717, 1.165) is 5.56 Å². The number of carbonyl (C=O) groups is 1. The fraction of sp³-hybridized carbons (Fsp3) is 0. The fourth-order valence-corrected chi connectivity index (χ4v) is 1.93. The number of hydrogen-bond acceptors (Lipinski definition) is 4. The van der Waals surface area contributed by atoms with Crippen LogP contribution in [-0.2, 0) is 0 Å². The molecule has 0 atom stereocenters. The number of pyridine rings is 1. The van der Waals surface area contributed by atoms with Crippen LogP contribution in [0.4, 0.5) is 0 Å². The lowest BCUT2D eigenvalue weighted by Gasteiger charge is -1.98. The van der Waals surface area contributed by atoms with Crippen molar-refractivity contribution in [1.82, 2.24) is 19.6 Å². The summed E-state index contributed by atoms with van der Waals surface area (Å²) in [4.78, 5) is 18.9. The van der Waals surface area contributed by atoms with Crippen LogP contribution in [0.15, 0.2) is 36.7 Å². The van der Waals surface area contributed by atoms with Crippen LogP contribution in [0.1, 0.15) is 10.5 Å². The van der Waals surface area contributed by atoms with Crippen molar-refractivity contribution in [3.8, 4) is 11.3 Å². The highest BCUT2D eigenvalue weighted by Gasteiger charge is 2.13. The summed E-state index contributed by atoms with van der Waals surface area (Å²) in [5, 5.41) is 13.4. The first-order valence-corrected chi connectivity index (χ1v) is 5.73. The minimum absolute atomic E-state index is 0.116. The van der Waals surface area contributed by atoms with Crippen molar-refractivity contribution in [1.29, 1.82) is 0 Å². The smallest absolute Gasteiger partial charge is 0.354 e. The number of hydrogen-bond donors (Lipinski definition) is 1. The van der Waals surface area contributed by atoms with Crippen LogP contribution in [0.3, 0.4) is 0 Å². The van der Waals surface area contributed by atoms with Gasteiger partial charge in [-0.1, -0.05) is 11.6 Å². The van der Waals surface area contributed by atoms with Gasteiger partial charge in [-0.25, -0.2) is 14.3 Å². The van der Waals surface area contributed by atoms with Gasteiger partial charge in [-0.05, 0) is 12.1 Å². The number of halogens is 1. The standard InChI is InChI=1S/C12H7ClN4O2/c13-10-4-9(12(18)19)15-11-5-8(16-17(10)11)7-2-1-3-14-6-7/h1-6H,(H,18,19). The zero-order chi connectivity index (χ0) is 13.4. The maximum atomic E-state index is 10.9. The van der Waals surface area contributed by atoms with Crippen molar-refractivity contribution < 1.29 is 9.90 Å². The molecular formula is C12H7ClN4O2. The minimum Gasteiger partial charge on any atom is -0.477 e. The Morgan fingerprint density at radius 2 is 2.21 bits per heavy atom. The van der Waals surface area contributed by atoms with Gasteiger partial charge < -0.3 is 5.11 Å². The molecule has 0 fully saturated rings. The molecule has 1 N–H and O–H groups in total. The van der Waals surface area contributed by atoms with E-state index < -0.39 is 5.97 Å². The fourth-order valence-electron chi connectivity index (χ4n) is 1.70. The zero-order valence-corrected chi connectivity index (χ0v) is 10.2. The molecule has 3 heterocycles. The van der Waals surface area contributed by atoms with Gasteiger partial charge in [0, 0.05) is 30.1 Å². The van der Waals surface area contributed by atoms with Crippen molar-refractivity contribution in [2.75, 3.05) is 0 Å². The summed E-state index contributed by atoms with van der Waals surface area (Å²) < 4.78 is 1.39. The molecule has 3 rings (SSSR count). The molecule has 6 nitrogen and oxygen atoms in total. The van der Waals surface area contributed by atoms with Gasteiger partial charge in [-0.3, -0.25) is 4.98 Å². The van der Waals surface area contributed by atoms with Gasteiger partial charge >= 0.3 is 5.97 Å².